The molecule has 112 valence electrons. The van der Waals surface area contributed by atoms with Crippen LogP contribution in [-0.2, 0) is 6.54 Å². The molecule has 2 nitrogen and oxygen atoms in total. The standard InChI is InChI=1S/C17H28N2S/c1-13-9-16(2,3)11-17(13,12-18)19(14-6-7-14)10-15-5-4-8-20-15/h4-5,8,13-14H,6-7,9-12,18H2,1-3H3. The highest BCUT2D eigenvalue weighted by atomic mass is 32.1. The van der Waals surface area contributed by atoms with E-state index in [0.29, 0.717) is 11.3 Å². The number of nitrogens with two attached hydrogens (primary N) is 1. The molecule has 0 aromatic carbocycles. The maximum atomic E-state index is 6.34. The minimum absolute atomic E-state index is 0.217. The predicted molar refractivity (Wildman–Crippen MR) is 86.8 cm³/mol. The van der Waals surface area contributed by atoms with Crippen LogP contribution in [0.25, 0.3) is 0 Å². The molecule has 2 fully saturated rings. The lowest BCUT2D eigenvalue weighted by atomic mass is 9.84. The zero-order valence-corrected chi connectivity index (χ0v) is 13.9. The first kappa shape index (κ1) is 14.6. The van der Waals surface area contributed by atoms with Crippen molar-refractivity contribution in [2.45, 2.75) is 64.6 Å². The van der Waals surface area contributed by atoms with Crippen LogP contribution in [-0.4, -0.2) is 23.0 Å². The third-order valence-electron chi connectivity index (χ3n) is 5.38. The summed E-state index contributed by atoms with van der Waals surface area (Å²) in [5, 5.41) is 2.19. The van der Waals surface area contributed by atoms with Gasteiger partial charge in [-0.2, -0.15) is 0 Å². The van der Waals surface area contributed by atoms with Gasteiger partial charge in [0.15, 0.2) is 0 Å². The SMILES string of the molecule is CC1CC(C)(C)CC1(CN)N(Cc1cccs1)C1CC1. The van der Waals surface area contributed by atoms with E-state index in [-0.39, 0.29) is 5.54 Å². The highest BCUT2D eigenvalue weighted by molar-refractivity contribution is 7.09. The molecule has 3 rings (SSSR count). The Labute approximate surface area is 127 Å². The first-order chi connectivity index (χ1) is 9.47. The van der Waals surface area contributed by atoms with E-state index in [9.17, 15) is 0 Å². The molecule has 0 radical (unpaired) electrons. The Kier molecular flexibility index (Phi) is 3.72. The molecule has 1 aromatic heterocycles. The average Bonchev–Trinajstić information content (AvgIpc) is 3.02. The van der Waals surface area contributed by atoms with E-state index < -0.39 is 0 Å². The maximum absolute atomic E-state index is 6.34. The third-order valence-corrected chi connectivity index (χ3v) is 6.24. The summed E-state index contributed by atoms with van der Waals surface area (Å²) in [4.78, 5) is 4.26. The van der Waals surface area contributed by atoms with Gasteiger partial charge in [-0.15, -0.1) is 11.3 Å². The summed E-state index contributed by atoms with van der Waals surface area (Å²) in [6, 6.07) is 5.22. The van der Waals surface area contributed by atoms with Crippen molar-refractivity contribution in [3.05, 3.63) is 22.4 Å². The van der Waals surface area contributed by atoms with E-state index in [4.69, 9.17) is 5.73 Å². The molecule has 1 aromatic rings. The zero-order chi connectivity index (χ0) is 14.4. The lowest BCUT2D eigenvalue weighted by Crippen LogP contribution is -2.56. The van der Waals surface area contributed by atoms with E-state index in [2.05, 4.69) is 43.2 Å². The number of thiophene rings is 1. The van der Waals surface area contributed by atoms with Crippen molar-refractivity contribution in [1.29, 1.82) is 0 Å². The molecule has 20 heavy (non-hydrogen) atoms. The van der Waals surface area contributed by atoms with Crippen molar-refractivity contribution in [2.24, 2.45) is 17.1 Å². The van der Waals surface area contributed by atoms with Gasteiger partial charge in [0.05, 0.1) is 0 Å². The van der Waals surface area contributed by atoms with Crippen LogP contribution < -0.4 is 5.73 Å². The molecule has 2 aliphatic rings. The molecule has 2 N–H and O–H groups in total. The van der Waals surface area contributed by atoms with Crippen molar-refractivity contribution in [1.82, 2.24) is 4.90 Å². The van der Waals surface area contributed by atoms with Gasteiger partial charge in [-0.25, -0.2) is 0 Å². The van der Waals surface area contributed by atoms with Gasteiger partial charge in [0.1, 0.15) is 0 Å². The van der Waals surface area contributed by atoms with Gasteiger partial charge >= 0.3 is 0 Å². The Hall–Kier alpha value is -0.380. The summed E-state index contributed by atoms with van der Waals surface area (Å²) in [5.41, 5.74) is 6.99. The lowest BCUT2D eigenvalue weighted by molar-refractivity contribution is 0.0438. The van der Waals surface area contributed by atoms with Crippen LogP contribution in [0.2, 0.25) is 0 Å². The summed E-state index contributed by atoms with van der Waals surface area (Å²) >= 11 is 1.88. The Morgan fingerprint density at radius 2 is 2.15 bits per heavy atom. The lowest BCUT2D eigenvalue weighted by Gasteiger charge is -2.45. The minimum atomic E-state index is 0.217. The van der Waals surface area contributed by atoms with Crippen LogP contribution in [0.15, 0.2) is 17.5 Å². The number of hydrogen-bond acceptors (Lipinski definition) is 3. The molecule has 0 aliphatic heterocycles. The van der Waals surface area contributed by atoms with Crippen molar-refractivity contribution in [3.8, 4) is 0 Å². The number of hydrogen-bond donors (Lipinski definition) is 1. The summed E-state index contributed by atoms with van der Waals surface area (Å²) < 4.78 is 0. The van der Waals surface area contributed by atoms with Crippen LogP contribution in [0.4, 0.5) is 0 Å². The molecule has 2 atom stereocenters. The normalized spacial score (nSPS) is 33.0. The third kappa shape index (κ3) is 2.56. The van der Waals surface area contributed by atoms with Gasteiger partial charge in [0.2, 0.25) is 0 Å². The summed E-state index contributed by atoms with van der Waals surface area (Å²) in [5.74, 6) is 0.697. The van der Waals surface area contributed by atoms with Crippen LogP contribution in [0.5, 0.6) is 0 Å². The fraction of sp³-hybridized carbons (Fsp3) is 0.765. The molecule has 0 amide bonds. The predicted octanol–water partition coefficient (Wildman–Crippen LogP) is 3.87. The number of rotatable bonds is 5. The van der Waals surface area contributed by atoms with Crippen LogP contribution in [0, 0.1) is 11.3 Å². The molecular weight excluding hydrogens is 264 g/mol. The first-order valence-electron chi connectivity index (χ1n) is 7.96. The molecule has 1 heterocycles. The topological polar surface area (TPSA) is 29.3 Å². The maximum Gasteiger partial charge on any atom is 0.0369 e. The van der Waals surface area contributed by atoms with E-state index in [1.165, 1.54) is 30.6 Å². The molecule has 3 heteroatoms. The largest absolute Gasteiger partial charge is 0.329 e. The van der Waals surface area contributed by atoms with Gasteiger partial charge in [-0.05, 0) is 48.5 Å². The fourth-order valence-corrected chi connectivity index (χ4v) is 5.18. The van der Waals surface area contributed by atoms with Crippen LogP contribution in [0.1, 0.15) is 51.3 Å². The minimum Gasteiger partial charge on any atom is -0.329 e. The second-order valence-corrected chi connectivity index (χ2v) is 8.72. The highest BCUT2D eigenvalue weighted by Gasteiger charge is 2.54. The first-order valence-corrected chi connectivity index (χ1v) is 8.84. The summed E-state index contributed by atoms with van der Waals surface area (Å²) in [6.07, 6.45) is 5.28. The molecule has 2 aliphatic carbocycles. The van der Waals surface area contributed by atoms with Gasteiger partial charge < -0.3 is 5.73 Å². The molecule has 0 spiro atoms. The van der Waals surface area contributed by atoms with Gasteiger partial charge in [-0.1, -0.05) is 26.8 Å². The highest BCUT2D eigenvalue weighted by Crippen LogP contribution is 2.52. The number of nitrogens with zero attached hydrogens (tertiary/aromatic N) is 1. The van der Waals surface area contributed by atoms with Crippen LogP contribution in [0.3, 0.4) is 0 Å². The van der Waals surface area contributed by atoms with Gasteiger partial charge in [-0.3, -0.25) is 4.90 Å². The molecule has 2 saturated carbocycles. The van der Waals surface area contributed by atoms with E-state index in [1.54, 1.807) is 0 Å². The fourth-order valence-electron chi connectivity index (χ4n) is 4.48. The zero-order valence-electron chi connectivity index (χ0n) is 13.1. The van der Waals surface area contributed by atoms with E-state index in [0.717, 1.165) is 19.1 Å². The van der Waals surface area contributed by atoms with Crippen LogP contribution >= 0.6 is 11.3 Å². The van der Waals surface area contributed by atoms with Crippen molar-refractivity contribution in [2.75, 3.05) is 6.54 Å². The Balaban J connectivity index is 1.88. The average molecular weight is 292 g/mol. The van der Waals surface area contributed by atoms with Crippen molar-refractivity contribution >= 4 is 11.3 Å². The summed E-state index contributed by atoms with van der Waals surface area (Å²) in [7, 11) is 0. The smallest absolute Gasteiger partial charge is 0.0369 e. The Morgan fingerprint density at radius 1 is 1.40 bits per heavy atom. The molecular formula is C17H28N2S. The van der Waals surface area contributed by atoms with E-state index in [1.807, 2.05) is 11.3 Å². The Morgan fingerprint density at radius 3 is 2.60 bits per heavy atom. The Bertz CT molecular complexity index is 450. The quantitative estimate of drug-likeness (QED) is 0.892. The van der Waals surface area contributed by atoms with Crippen molar-refractivity contribution in [3.63, 3.8) is 0 Å². The molecule has 2 unspecified atom stereocenters. The monoisotopic (exact) mass is 292 g/mol. The van der Waals surface area contributed by atoms with Gasteiger partial charge in [0, 0.05) is 29.5 Å². The molecule has 0 saturated heterocycles. The second kappa shape index (κ2) is 5.11. The van der Waals surface area contributed by atoms with E-state index >= 15 is 0 Å². The second-order valence-electron chi connectivity index (χ2n) is 7.69. The summed E-state index contributed by atoms with van der Waals surface area (Å²) in [6.45, 7) is 9.15. The van der Waals surface area contributed by atoms with Gasteiger partial charge in [0.25, 0.3) is 0 Å². The van der Waals surface area contributed by atoms with Crippen molar-refractivity contribution < 1.29 is 0 Å². The molecule has 0 bridgehead atoms.